The number of nitrogens with zero attached hydrogens (tertiary/aromatic N) is 1. The van der Waals surface area contributed by atoms with Gasteiger partial charge in [0.1, 0.15) is 0 Å². The highest BCUT2D eigenvalue weighted by Crippen LogP contribution is 2.10. The first kappa shape index (κ1) is 20.2. The number of hydrogen-bond acceptors (Lipinski definition) is 3. The van der Waals surface area contributed by atoms with Crippen molar-refractivity contribution in [2.45, 2.75) is 31.2 Å². The lowest BCUT2D eigenvalue weighted by molar-refractivity contribution is 0.592. The Morgan fingerprint density at radius 2 is 1.86 bits per heavy atom. The zero-order valence-electron chi connectivity index (χ0n) is 12.7. The van der Waals surface area contributed by atoms with Crippen molar-refractivity contribution in [3.63, 3.8) is 0 Å². The molecule has 120 valence electrons. The number of halogens is 1. The van der Waals surface area contributed by atoms with E-state index < -0.39 is 9.84 Å². The Labute approximate surface area is 144 Å². The number of aliphatic imine (C=N–C) groups is 1. The third kappa shape index (κ3) is 7.66. The van der Waals surface area contributed by atoms with Crippen molar-refractivity contribution in [3.05, 3.63) is 30.3 Å². The summed E-state index contributed by atoms with van der Waals surface area (Å²) in [6.07, 6.45) is 0.538. The van der Waals surface area contributed by atoms with Gasteiger partial charge in [-0.3, -0.25) is 4.99 Å². The topological polar surface area (TPSA) is 70.6 Å². The molecule has 0 unspecified atom stereocenters. The SMILES string of the molecule is CN=C(NCCCS(=O)(=O)c1ccccc1)NC(C)C.I. The van der Waals surface area contributed by atoms with E-state index in [9.17, 15) is 8.42 Å². The van der Waals surface area contributed by atoms with Gasteiger partial charge in [-0.05, 0) is 32.4 Å². The molecule has 1 aromatic rings. The molecule has 0 saturated carbocycles. The first-order valence-corrected chi connectivity index (χ1v) is 8.36. The standard InChI is InChI=1S/C14H23N3O2S.HI/c1-12(2)17-14(15-3)16-10-7-11-20(18,19)13-8-5-4-6-9-13;/h4-6,8-9,12H,7,10-11H2,1-3H3,(H2,15,16,17);1H. The molecule has 0 aliphatic heterocycles. The number of guanidine groups is 1. The van der Waals surface area contributed by atoms with Gasteiger partial charge in [0.25, 0.3) is 0 Å². The number of nitrogens with one attached hydrogen (secondary N) is 2. The highest BCUT2D eigenvalue weighted by atomic mass is 127. The third-order valence-electron chi connectivity index (χ3n) is 2.63. The Morgan fingerprint density at radius 1 is 1.24 bits per heavy atom. The van der Waals surface area contributed by atoms with Crippen LogP contribution in [0.4, 0.5) is 0 Å². The molecular formula is C14H24IN3O2S. The van der Waals surface area contributed by atoms with Gasteiger partial charge in [-0.15, -0.1) is 24.0 Å². The van der Waals surface area contributed by atoms with Crippen LogP contribution in [0.3, 0.4) is 0 Å². The molecule has 0 aliphatic carbocycles. The van der Waals surface area contributed by atoms with Crippen LogP contribution in [0, 0.1) is 0 Å². The van der Waals surface area contributed by atoms with E-state index in [2.05, 4.69) is 15.6 Å². The van der Waals surface area contributed by atoms with Gasteiger partial charge in [-0.2, -0.15) is 0 Å². The second-order valence-corrected chi connectivity index (χ2v) is 6.89. The highest BCUT2D eigenvalue weighted by molar-refractivity contribution is 14.0. The summed E-state index contributed by atoms with van der Waals surface area (Å²) in [5.41, 5.74) is 0. The molecule has 0 heterocycles. The predicted molar refractivity (Wildman–Crippen MR) is 98.2 cm³/mol. The number of sulfone groups is 1. The second kappa shape index (κ2) is 9.99. The molecule has 0 radical (unpaired) electrons. The van der Waals surface area contributed by atoms with E-state index in [1.807, 2.05) is 19.9 Å². The van der Waals surface area contributed by atoms with Gasteiger partial charge in [0, 0.05) is 19.6 Å². The Bertz CT molecular complexity index is 530. The van der Waals surface area contributed by atoms with E-state index in [1.165, 1.54) is 0 Å². The minimum atomic E-state index is -3.19. The lowest BCUT2D eigenvalue weighted by Crippen LogP contribution is -2.41. The van der Waals surface area contributed by atoms with E-state index in [1.54, 1.807) is 31.3 Å². The molecule has 0 atom stereocenters. The Morgan fingerprint density at radius 3 is 2.38 bits per heavy atom. The van der Waals surface area contributed by atoms with Crippen molar-refractivity contribution in [3.8, 4) is 0 Å². The minimum Gasteiger partial charge on any atom is -0.356 e. The molecule has 0 amide bonds. The van der Waals surface area contributed by atoms with Gasteiger partial charge in [0.15, 0.2) is 15.8 Å². The molecule has 1 aromatic carbocycles. The minimum absolute atomic E-state index is 0. The van der Waals surface area contributed by atoms with Crippen LogP contribution >= 0.6 is 24.0 Å². The maximum Gasteiger partial charge on any atom is 0.191 e. The number of benzene rings is 1. The normalized spacial score (nSPS) is 11.9. The van der Waals surface area contributed by atoms with Gasteiger partial charge in [-0.25, -0.2) is 8.42 Å². The van der Waals surface area contributed by atoms with Crippen LogP contribution in [0.2, 0.25) is 0 Å². The summed E-state index contributed by atoms with van der Waals surface area (Å²) in [4.78, 5) is 4.44. The monoisotopic (exact) mass is 425 g/mol. The maximum absolute atomic E-state index is 12.1. The quantitative estimate of drug-likeness (QED) is 0.317. The summed E-state index contributed by atoms with van der Waals surface area (Å²) in [5, 5.41) is 6.25. The molecule has 0 aliphatic rings. The summed E-state index contributed by atoms with van der Waals surface area (Å²) >= 11 is 0. The Kier molecular flexibility index (Phi) is 9.60. The molecule has 0 saturated heterocycles. The van der Waals surface area contributed by atoms with Gasteiger partial charge in [0.2, 0.25) is 0 Å². The maximum atomic E-state index is 12.1. The zero-order valence-corrected chi connectivity index (χ0v) is 15.8. The summed E-state index contributed by atoms with van der Waals surface area (Å²) < 4.78 is 24.1. The molecular weight excluding hydrogens is 401 g/mol. The summed E-state index contributed by atoms with van der Waals surface area (Å²) in [7, 11) is -1.50. The van der Waals surface area contributed by atoms with Crippen molar-refractivity contribution in [2.75, 3.05) is 19.3 Å². The lowest BCUT2D eigenvalue weighted by atomic mass is 10.4. The smallest absolute Gasteiger partial charge is 0.191 e. The largest absolute Gasteiger partial charge is 0.356 e. The molecule has 0 spiro atoms. The van der Waals surface area contributed by atoms with Crippen molar-refractivity contribution in [1.29, 1.82) is 0 Å². The average Bonchev–Trinajstić information content (AvgIpc) is 2.42. The fourth-order valence-corrected chi connectivity index (χ4v) is 3.01. The molecule has 1 rings (SSSR count). The molecule has 5 nitrogen and oxygen atoms in total. The van der Waals surface area contributed by atoms with E-state index in [0.29, 0.717) is 23.8 Å². The van der Waals surface area contributed by atoms with Crippen LogP contribution in [0.15, 0.2) is 40.2 Å². The second-order valence-electron chi connectivity index (χ2n) is 4.78. The predicted octanol–water partition coefficient (Wildman–Crippen LogP) is 2.04. The first-order chi connectivity index (χ1) is 9.45. The number of hydrogen-bond donors (Lipinski definition) is 2. The molecule has 2 N–H and O–H groups in total. The van der Waals surface area contributed by atoms with Crippen molar-refractivity contribution < 1.29 is 8.42 Å². The first-order valence-electron chi connectivity index (χ1n) is 6.70. The molecule has 0 fully saturated rings. The Hall–Kier alpha value is -0.830. The van der Waals surface area contributed by atoms with Gasteiger partial charge in [0.05, 0.1) is 10.6 Å². The van der Waals surface area contributed by atoms with Crippen LogP contribution in [0.1, 0.15) is 20.3 Å². The van der Waals surface area contributed by atoms with Gasteiger partial charge >= 0.3 is 0 Å². The van der Waals surface area contributed by atoms with Crippen molar-refractivity contribution >= 4 is 39.8 Å². The van der Waals surface area contributed by atoms with Crippen molar-refractivity contribution in [1.82, 2.24) is 10.6 Å². The van der Waals surface area contributed by atoms with Crippen LogP contribution in [-0.4, -0.2) is 39.8 Å². The third-order valence-corrected chi connectivity index (χ3v) is 4.45. The fraction of sp³-hybridized carbons (Fsp3) is 0.500. The molecule has 0 aromatic heterocycles. The van der Waals surface area contributed by atoms with Crippen LogP contribution in [0.5, 0.6) is 0 Å². The van der Waals surface area contributed by atoms with Crippen LogP contribution in [-0.2, 0) is 9.84 Å². The van der Waals surface area contributed by atoms with E-state index in [-0.39, 0.29) is 35.8 Å². The van der Waals surface area contributed by atoms with Crippen LogP contribution < -0.4 is 10.6 Å². The summed E-state index contributed by atoms with van der Waals surface area (Å²) in [6.45, 7) is 4.61. The Balaban J connectivity index is 0.00000400. The summed E-state index contributed by atoms with van der Waals surface area (Å²) in [6, 6.07) is 8.82. The van der Waals surface area contributed by atoms with Crippen LogP contribution in [0.25, 0.3) is 0 Å². The van der Waals surface area contributed by atoms with E-state index >= 15 is 0 Å². The van der Waals surface area contributed by atoms with E-state index in [0.717, 1.165) is 0 Å². The average molecular weight is 425 g/mol. The van der Waals surface area contributed by atoms with E-state index in [4.69, 9.17) is 0 Å². The highest BCUT2D eigenvalue weighted by Gasteiger charge is 2.13. The fourth-order valence-electron chi connectivity index (χ4n) is 1.68. The van der Waals surface area contributed by atoms with Gasteiger partial charge < -0.3 is 10.6 Å². The summed E-state index contributed by atoms with van der Waals surface area (Å²) in [5.74, 6) is 0.819. The number of rotatable bonds is 6. The molecule has 21 heavy (non-hydrogen) atoms. The zero-order chi connectivity index (χ0) is 15.0. The molecule has 0 bridgehead atoms. The van der Waals surface area contributed by atoms with Gasteiger partial charge in [-0.1, -0.05) is 18.2 Å². The molecule has 7 heteroatoms. The lowest BCUT2D eigenvalue weighted by Gasteiger charge is -2.14. The van der Waals surface area contributed by atoms with Crippen molar-refractivity contribution in [2.24, 2.45) is 4.99 Å².